The van der Waals surface area contributed by atoms with E-state index in [9.17, 15) is 4.39 Å². The van der Waals surface area contributed by atoms with Gasteiger partial charge in [0.15, 0.2) is 5.16 Å². The molecule has 0 aliphatic rings. The minimum atomic E-state index is -0.268. The molecule has 0 amide bonds. The third-order valence-corrected chi connectivity index (χ3v) is 2.54. The molecule has 2 aromatic rings. The Morgan fingerprint density at radius 1 is 1.20 bits per heavy atom. The molecule has 5 heteroatoms. The molecule has 0 aliphatic heterocycles. The lowest BCUT2D eigenvalue weighted by Gasteiger charge is -1.99. The van der Waals surface area contributed by atoms with Gasteiger partial charge in [0, 0.05) is 4.90 Å². The van der Waals surface area contributed by atoms with E-state index in [4.69, 9.17) is 5.73 Å². The van der Waals surface area contributed by atoms with Crippen LogP contribution in [0.1, 0.15) is 0 Å². The van der Waals surface area contributed by atoms with Gasteiger partial charge in [0.2, 0.25) is 0 Å². The quantitative estimate of drug-likeness (QED) is 0.791. The molecule has 0 aliphatic carbocycles. The summed E-state index contributed by atoms with van der Waals surface area (Å²) in [5.74, 6) is -0.268. The van der Waals surface area contributed by atoms with Crippen LogP contribution in [0, 0.1) is 5.82 Å². The average Bonchev–Trinajstić information content (AvgIpc) is 2.22. The predicted octanol–water partition coefficient (Wildman–Crippen LogP) is 2.35. The molecular weight excluding hydrogens is 213 g/mol. The van der Waals surface area contributed by atoms with Crippen LogP contribution in [-0.2, 0) is 0 Å². The molecule has 3 nitrogen and oxygen atoms in total. The number of nitrogens with zero attached hydrogens (tertiary/aromatic N) is 2. The second kappa shape index (κ2) is 4.27. The van der Waals surface area contributed by atoms with Crippen molar-refractivity contribution in [2.24, 2.45) is 0 Å². The van der Waals surface area contributed by atoms with Crippen LogP contribution in [0.25, 0.3) is 0 Å². The van der Waals surface area contributed by atoms with E-state index >= 15 is 0 Å². The maximum Gasteiger partial charge on any atom is 0.192 e. The fourth-order valence-corrected chi connectivity index (χ4v) is 1.75. The molecule has 1 aromatic heterocycles. The van der Waals surface area contributed by atoms with Crippen molar-refractivity contribution in [3.63, 3.8) is 0 Å². The maximum atomic E-state index is 12.9. The molecule has 2 rings (SSSR count). The van der Waals surface area contributed by atoms with Gasteiger partial charge in [0.1, 0.15) is 5.82 Å². The number of hydrogen-bond acceptors (Lipinski definition) is 4. The Hall–Kier alpha value is -1.62. The number of anilines is 1. The van der Waals surface area contributed by atoms with Gasteiger partial charge in [-0.05, 0) is 30.0 Å². The molecule has 1 heterocycles. The lowest BCUT2D eigenvalue weighted by Crippen LogP contribution is -1.90. The number of halogens is 1. The van der Waals surface area contributed by atoms with E-state index in [1.165, 1.54) is 36.3 Å². The number of aromatic nitrogens is 2. The second-order valence-corrected chi connectivity index (χ2v) is 3.90. The lowest BCUT2D eigenvalue weighted by atomic mass is 10.4. The van der Waals surface area contributed by atoms with Gasteiger partial charge in [-0.2, -0.15) is 0 Å². The highest BCUT2D eigenvalue weighted by Gasteiger charge is 2.00. The molecule has 0 fully saturated rings. The van der Waals surface area contributed by atoms with Crippen LogP contribution in [0.5, 0.6) is 0 Å². The first kappa shape index (κ1) is 9.92. The SMILES string of the molecule is Nc1cnc(Sc2cccc(F)c2)nc1. The molecule has 0 saturated carbocycles. The van der Waals surface area contributed by atoms with Crippen LogP contribution >= 0.6 is 11.8 Å². The van der Waals surface area contributed by atoms with Crippen molar-refractivity contribution >= 4 is 17.4 Å². The van der Waals surface area contributed by atoms with Gasteiger partial charge in [-0.1, -0.05) is 6.07 Å². The van der Waals surface area contributed by atoms with Gasteiger partial charge in [0.25, 0.3) is 0 Å². The molecule has 0 spiro atoms. The van der Waals surface area contributed by atoms with Crippen molar-refractivity contribution in [2.45, 2.75) is 10.1 Å². The Bertz CT molecular complexity index is 458. The highest BCUT2D eigenvalue weighted by molar-refractivity contribution is 7.99. The molecule has 0 saturated heterocycles. The van der Waals surface area contributed by atoms with Gasteiger partial charge in [0.05, 0.1) is 18.1 Å². The van der Waals surface area contributed by atoms with Gasteiger partial charge < -0.3 is 5.73 Å². The Balaban J connectivity index is 2.18. The zero-order valence-corrected chi connectivity index (χ0v) is 8.54. The van der Waals surface area contributed by atoms with Crippen molar-refractivity contribution < 1.29 is 4.39 Å². The predicted molar refractivity (Wildman–Crippen MR) is 57.0 cm³/mol. The van der Waals surface area contributed by atoms with E-state index in [0.29, 0.717) is 10.8 Å². The molecule has 0 bridgehead atoms. The molecule has 0 atom stereocenters. The van der Waals surface area contributed by atoms with E-state index in [1.807, 2.05) is 0 Å². The molecule has 0 radical (unpaired) electrons. The maximum absolute atomic E-state index is 12.9. The largest absolute Gasteiger partial charge is 0.396 e. The number of rotatable bonds is 2. The highest BCUT2D eigenvalue weighted by atomic mass is 32.2. The summed E-state index contributed by atoms with van der Waals surface area (Å²) in [7, 11) is 0. The third-order valence-electron chi connectivity index (χ3n) is 1.65. The number of nitrogens with two attached hydrogens (primary N) is 1. The van der Waals surface area contributed by atoms with Gasteiger partial charge in [-0.15, -0.1) is 0 Å². The van der Waals surface area contributed by atoms with Crippen molar-refractivity contribution in [2.75, 3.05) is 5.73 Å². The van der Waals surface area contributed by atoms with Crippen LogP contribution < -0.4 is 5.73 Å². The monoisotopic (exact) mass is 221 g/mol. The number of benzene rings is 1. The highest BCUT2D eigenvalue weighted by Crippen LogP contribution is 2.24. The van der Waals surface area contributed by atoms with E-state index in [1.54, 1.807) is 12.1 Å². The second-order valence-electron chi connectivity index (χ2n) is 2.86. The zero-order chi connectivity index (χ0) is 10.7. The number of hydrogen-bond donors (Lipinski definition) is 1. The van der Waals surface area contributed by atoms with Gasteiger partial charge in [-0.3, -0.25) is 0 Å². The molecule has 1 aromatic carbocycles. The van der Waals surface area contributed by atoms with E-state index < -0.39 is 0 Å². The Kier molecular flexibility index (Phi) is 2.82. The normalized spacial score (nSPS) is 10.2. The van der Waals surface area contributed by atoms with Crippen molar-refractivity contribution in [1.29, 1.82) is 0 Å². The summed E-state index contributed by atoms with van der Waals surface area (Å²) in [6.07, 6.45) is 3.04. The minimum absolute atomic E-state index is 0.268. The molecular formula is C10H8FN3S. The summed E-state index contributed by atoms with van der Waals surface area (Å²) in [5, 5.41) is 0.551. The fraction of sp³-hybridized carbons (Fsp3) is 0. The average molecular weight is 221 g/mol. The summed E-state index contributed by atoms with van der Waals surface area (Å²) >= 11 is 1.29. The number of nitrogen functional groups attached to an aromatic ring is 1. The van der Waals surface area contributed by atoms with Crippen LogP contribution in [0.4, 0.5) is 10.1 Å². The van der Waals surface area contributed by atoms with Crippen molar-refractivity contribution in [3.8, 4) is 0 Å². The van der Waals surface area contributed by atoms with Gasteiger partial charge >= 0.3 is 0 Å². The summed E-state index contributed by atoms with van der Waals surface area (Å²) in [6, 6.07) is 6.28. The van der Waals surface area contributed by atoms with Crippen LogP contribution in [-0.4, -0.2) is 9.97 Å². The Morgan fingerprint density at radius 2 is 1.93 bits per heavy atom. The first-order valence-electron chi connectivity index (χ1n) is 4.25. The van der Waals surface area contributed by atoms with Crippen molar-refractivity contribution in [3.05, 3.63) is 42.5 Å². The topological polar surface area (TPSA) is 51.8 Å². The zero-order valence-electron chi connectivity index (χ0n) is 7.72. The smallest absolute Gasteiger partial charge is 0.192 e. The first-order chi connectivity index (χ1) is 7.24. The van der Waals surface area contributed by atoms with Crippen molar-refractivity contribution in [1.82, 2.24) is 9.97 Å². The van der Waals surface area contributed by atoms with Gasteiger partial charge in [-0.25, -0.2) is 14.4 Å². The third kappa shape index (κ3) is 2.66. The van der Waals surface area contributed by atoms with E-state index in [2.05, 4.69) is 9.97 Å². The Labute approximate surface area is 90.6 Å². The first-order valence-corrected chi connectivity index (χ1v) is 5.06. The molecule has 2 N–H and O–H groups in total. The van der Waals surface area contributed by atoms with E-state index in [-0.39, 0.29) is 5.82 Å². The van der Waals surface area contributed by atoms with Crippen LogP contribution in [0.3, 0.4) is 0 Å². The summed E-state index contributed by atoms with van der Waals surface area (Å²) in [4.78, 5) is 8.78. The summed E-state index contributed by atoms with van der Waals surface area (Å²) < 4.78 is 12.9. The van der Waals surface area contributed by atoms with Crippen LogP contribution in [0.15, 0.2) is 46.7 Å². The fourth-order valence-electron chi connectivity index (χ4n) is 1.01. The Morgan fingerprint density at radius 3 is 2.60 bits per heavy atom. The molecule has 15 heavy (non-hydrogen) atoms. The summed E-state index contributed by atoms with van der Waals surface area (Å²) in [5.41, 5.74) is 5.96. The lowest BCUT2D eigenvalue weighted by molar-refractivity contribution is 0.624. The van der Waals surface area contributed by atoms with E-state index in [0.717, 1.165) is 4.90 Å². The standard InChI is InChI=1S/C10H8FN3S/c11-7-2-1-3-9(4-7)15-10-13-5-8(12)6-14-10/h1-6H,12H2. The minimum Gasteiger partial charge on any atom is -0.396 e. The summed E-state index contributed by atoms with van der Waals surface area (Å²) in [6.45, 7) is 0. The van der Waals surface area contributed by atoms with Crippen LogP contribution in [0.2, 0.25) is 0 Å². The molecule has 0 unspecified atom stereocenters. The molecule has 76 valence electrons.